The second-order valence-corrected chi connectivity index (χ2v) is 2.69. The Bertz CT molecular complexity index is 428. The Kier molecular flexibility index (Phi) is 3.59. The molecule has 0 bridgehead atoms. The number of hydrogen-bond acceptors (Lipinski definition) is 3. The van der Waals surface area contributed by atoms with E-state index < -0.39 is 0 Å². The molecule has 2 rings (SSSR count). The first-order valence-corrected chi connectivity index (χ1v) is 3.97. The van der Waals surface area contributed by atoms with E-state index in [1.807, 2.05) is 18.2 Å². The van der Waals surface area contributed by atoms with Crippen molar-refractivity contribution in [3.05, 3.63) is 30.1 Å². The SMILES string of the molecule is COc1cccc2nc(CO)cn12.[Li]. The third-order valence-electron chi connectivity index (χ3n) is 1.88. The van der Waals surface area contributed by atoms with Crippen molar-refractivity contribution in [2.24, 2.45) is 0 Å². The molecule has 0 aromatic carbocycles. The van der Waals surface area contributed by atoms with Crippen LogP contribution in [0, 0.1) is 0 Å². The van der Waals surface area contributed by atoms with Crippen LogP contribution in [0.25, 0.3) is 5.65 Å². The van der Waals surface area contributed by atoms with Crippen LogP contribution in [-0.4, -0.2) is 40.5 Å². The molecule has 0 amide bonds. The Balaban J connectivity index is 0.000000980. The third kappa shape index (κ3) is 1.78. The molecular formula is C9H10LiN2O2. The van der Waals surface area contributed by atoms with Crippen molar-refractivity contribution >= 4 is 24.5 Å². The minimum Gasteiger partial charge on any atom is -0.482 e. The molecule has 0 saturated heterocycles. The van der Waals surface area contributed by atoms with Crippen LogP contribution >= 0.6 is 0 Å². The Morgan fingerprint density at radius 1 is 1.50 bits per heavy atom. The zero-order chi connectivity index (χ0) is 9.26. The number of aliphatic hydroxyl groups is 1. The molecule has 0 fully saturated rings. The summed E-state index contributed by atoms with van der Waals surface area (Å²) < 4.78 is 6.92. The maximum atomic E-state index is 8.89. The van der Waals surface area contributed by atoms with Crippen molar-refractivity contribution in [2.45, 2.75) is 6.61 Å². The van der Waals surface area contributed by atoms with Gasteiger partial charge in [0.05, 0.1) is 19.4 Å². The Hall–Kier alpha value is -0.953. The summed E-state index contributed by atoms with van der Waals surface area (Å²) in [5.41, 5.74) is 1.42. The van der Waals surface area contributed by atoms with Gasteiger partial charge in [0.25, 0.3) is 0 Å². The van der Waals surface area contributed by atoms with E-state index in [1.165, 1.54) is 0 Å². The van der Waals surface area contributed by atoms with E-state index in [0.29, 0.717) is 11.6 Å². The van der Waals surface area contributed by atoms with Gasteiger partial charge >= 0.3 is 0 Å². The molecule has 2 aromatic heterocycles. The van der Waals surface area contributed by atoms with Gasteiger partial charge in [-0.2, -0.15) is 0 Å². The number of imidazole rings is 1. The first kappa shape index (κ1) is 11.1. The van der Waals surface area contributed by atoms with E-state index in [0.717, 1.165) is 5.65 Å². The predicted octanol–water partition coefficient (Wildman–Crippen LogP) is 0.454. The van der Waals surface area contributed by atoms with E-state index in [4.69, 9.17) is 9.84 Å². The molecule has 4 nitrogen and oxygen atoms in total. The summed E-state index contributed by atoms with van der Waals surface area (Å²) in [5, 5.41) is 8.89. The molecule has 69 valence electrons. The smallest absolute Gasteiger partial charge is 0.198 e. The number of aromatic nitrogens is 2. The van der Waals surface area contributed by atoms with Crippen molar-refractivity contribution in [3.8, 4) is 5.88 Å². The van der Waals surface area contributed by atoms with Crippen LogP contribution in [0.2, 0.25) is 0 Å². The van der Waals surface area contributed by atoms with E-state index in [-0.39, 0.29) is 25.5 Å². The van der Waals surface area contributed by atoms with Gasteiger partial charge in [0.15, 0.2) is 5.88 Å². The van der Waals surface area contributed by atoms with Crippen molar-refractivity contribution in [1.82, 2.24) is 9.38 Å². The van der Waals surface area contributed by atoms with Crippen molar-refractivity contribution in [2.75, 3.05) is 7.11 Å². The van der Waals surface area contributed by atoms with E-state index >= 15 is 0 Å². The second kappa shape index (κ2) is 4.51. The molecule has 0 aliphatic rings. The molecule has 1 radical (unpaired) electrons. The molecule has 0 unspecified atom stereocenters. The summed E-state index contributed by atoms with van der Waals surface area (Å²) >= 11 is 0. The number of ether oxygens (including phenoxy) is 1. The summed E-state index contributed by atoms with van der Waals surface area (Å²) in [6, 6.07) is 5.57. The Labute approximate surface area is 93.7 Å². The average Bonchev–Trinajstić information content (AvgIpc) is 2.59. The first-order valence-electron chi connectivity index (χ1n) is 3.97. The number of methoxy groups -OCH3 is 1. The Morgan fingerprint density at radius 2 is 2.29 bits per heavy atom. The molecular weight excluding hydrogens is 175 g/mol. The standard InChI is InChI=1S/C9H10N2O2.Li/c1-13-9-4-2-3-8-10-7(6-12)5-11(8)9;/h2-5,12H,6H2,1H3;. The van der Waals surface area contributed by atoms with E-state index in [2.05, 4.69) is 4.98 Å². The van der Waals surface area contributed by atoms with Gasteiger partial charge in [-0.3, -0.25) is 4.40 Å². The summed E-state index contributed by atoms with van der Waals surface area (Å²) in [4.78, 5) is 4.17. The zero-order valence-electron chi connectivity index (χ0n) is 8.27. The minimum absolute atomic E-state index is 0. The van der Waals surface area contributed by atoms with Crippen LogP contribution < -0.4 is 4.74 Å². The summed E-state index contributed by atoms with van der Waals surface area (Å²) in [5.74, 6) is 0.713. The third-order valence-corrected chi connectivity index (χ3v) is 1.88. The number of fused-ring (bicyclic) bond motifs is 1. The molecule has 14 heavy (non-hydrogen) atoms. The molecule has 0 atom stereocenters. The quantitative estimate of drug-likeness (QED) is 0.691. The predicted molar refractivity (Wildman–Crippen MR) is 53.4 cm³/mol. The van der Waals surface area contributed by atoms with Gasteiger partial charge < -0.3 is 9.84 Å². The summed E-state index contributed by atoms with van der Waals surface area (Å²) in [6.45, 7) is -0.0508. The molecule has 2 aromatic rings. The second-order valence-electron chi connectivity index (χ2n) is 2.69. The molecule has 2 heterocycles. The van der Waals surface area contributed by atoms with Gasteiger partial charge in [-0.05, 0) is 12.1 Å². The average molecular weight is 185 g/mol. The number of nitrogens with zero attached hydrogens (tertiary/aromatic N) is 2. The zero-order valence-corrected chi connectivity index (χ0v) is 8.27. The molecule has 0 aliphatic carbocycles. The van der Waals surface area contributed by atoms with Crippen molar-refractivity contribution in [1.29, 1.82) is 0 Å². The van der Waals surface area contributed by atoms with E-state index in [1.54, 1.807) is 17.7 Å². The fourth-order valence-electron chi connectivity index (χ4n) is 1.28. The molecule has 0 spiro atoms. The largest absolute Gasteiger partial charge is 0.482 e. The van der Waals surface area contributed by atoms with Crippen molar-refractivity contribution < 1.29 is 9.84 Å². The fraction of sp³-hybridized carbons (Fsp3) is 0.222. The molecule has 1 N–H and O–H groups in total. The Morgan fingerprint density at radius 3 is 2.93 bits per heavy atom. The van der Waals surface area contributed by atoms with Gasteiger partial charge in [-0.15, -0.1) is 0 Å². The monoisotopic (exact) mass is 185 g/mol. The normalized spacial score (nSPS) is 9.86. The van der Waals surface area contributed by atoms with Gasteiger partial charge in [-0.25, -0.2) is 4.98 Å². The first-order chi connectivity index (χ1) is 6.35. The number of pyridine rings is 1. The minimum atomic E-state index is -0.0508. The number of rotatable bonds is 2. The summed E-state index contributed by atoms with van der Waals surface area (Å²) in [7, 11) is 1.60. The van der Waals surface area contributed by atoms with E-state index in [9.17, 15) is 0 Å². The summed E-state index contributed by atoms with van der Waals surface area (Å²) in [6.07, 6.45) is 1.76. The number of hydrogen-bond donors (Lipinski definition) is 1. The molecule has 0 aliphatic heterocycles. The van der Waals surface area contributed by atoms with Crippen LogP contribution in [0.4, 0.5) is 0 Å². The maximum absolute atomic E-state index is 8.89. The van der Waals surface area contributed by atoms with Gasteiger partial charge in [-0.1, -0.05) is 6.07 Å². The topological polar surface area (TPSA) is 46.8 Å². The van der Waals surface area contributed by atoms with Crippen molar-refractivity contribution in [3.63, 3.8) is 0 Å². The molecule has 0 saturated carbocycles. The van der Waals surface area contributed by atoms with Crippen LogP contribution in [0.3, 0.4) is 0 Å². The van der Waals surface area contributed by atoms with Crippen LogP contribution in [0.5, 0.6) is 5.88 Å². The van der Waals surface area contributed by atoms with Gasteiger partial charge in [0.2, 0.25) is 0 Å². The van der Waals surface area contributed by atoms with Gasteiger partial charge in [0.1, 0.15) is 5.65 Å². The van der Waals surface area contributed by atoms with Crippen LogP contribution in [0.15, 0.2) is 24.4 Å². The maximum Gasteiger partial charge on any atom is 0.198 e. The molecule has 5 heteroatoms. The van der Waals surface area contributed by atoms with Crippen LogP contribution in [-0.2, 0) is 6.61 Å². The van der Waals surface area contributed by atoms with Crippen LogP contribution in [0.1, 0.15) is 5.69 Å². The fourth-order valence-corrected chi connectivity index (χ4v) is 1.28. The van der Waals surface area contributed by atoms with Gasteiger partial charge in [0, 0.05) is 25.1 Å². The number of aliphatic hydroxyl groups excluding tert-OH is 1.